The number of piperazine rings is 1. The van der Waals surface area contributed by atoms with Gasteiger partial charge in [-0.25, -0.2) is 13.2 Å². The Kier molecular flexibility index (Phi) is 5.17. The van der Waals surface area contributed by atoms with Gasteiger partial charge in [0.1, 0.15) is 0 Å². The van der Waals surface area contributed by atoms with Crippen LogP contribution in [0.2, 0.25) is 0 Å². The van der Waals surface area contributed by atoms with E-state index in [1.54, 1.807) is 16.7 Å². The number of sulfonamides is 1. The second-order valence-electron chi connectivity index (χ2n) is 6.68. The summed E-state index contributed by atoms with van der Waals surface area (Å²) in [6.07, 6.45) is 1.61. The van der Waals surface area contributed by atoms with E-state index in [2.05, 4.69) is 4.90 Å². The maximum absolute atomic E-state index is 12.6. The Labute approximate surface area is 163 Å². The van der Waals surface area contributed by atoms with Gasteiger partial charge in [-0.1, -0.05) is 42.5 Å². The summed E-state index contributed by atoms with van der Waals surface area (Å²) in [6, 6.07) is 16.6. The summed E-state index contributed by atoms with van der Waals surface area (Å²) in [5.41, 5.74) is 2.14. The van der Waals surface area contributed by atoms with Crippen LogP contribution in [0.5, 0.6) is 0 Å². The molecule has 1 saturated heterocycles. The number of aromatic nitrogens is 1. The van der Waals surface area contributed by atoms with Crippen molar-refractivity contribution < 1.29 is 12.8 Å². The molecule has 0 atom stereocenters. The molecule has 0 saturated carbocycles. The van der Waals surface area contributed by atoms with Gasteiger partial charge >= 0.3 is 5.76 Å². The first-order chi connectivity index (χ1) is 13.5. The van der Waals surface area contributed by atoms with E-state index < -0.39 is 15.8 Å². The fourth-order valence-corrected chi connectivity index (χ4v) is 4.46. The minimum absolute atomic E-state index is 0.379. The molecule has 0 unspecified atom stereocenters. The van der Waals surface area contributed by atoms with E-state index in [9.17, 15) is 13.2 Å². The topological polar surface area (TPSA) is 75.8 Å². The summed E-state index contributed by atoms with van der Waals surface area (Å²) >= 11 is 0. The fourth-order valence-electron chi connectivity index (χ4n) is 3.29. The van der Waals surface area contributed by atoms with Gasteiger partial charge in [0, 0.05) is 31.6 Å². The molecule has 0 bridgehead atoms. The second kappa shape index (κ2) is 7.75. The van der Waals surface area contributed by atoms with Crippen molar-refractivity contribution in [3.8, 4) is 0 Å². The number of para-hydroxylation sites is 2. The van der Waals surface area contributed by atoms with Crippen LogP contribution in [0.25, 0.3) is 17.2 Å². The predicted molar refractivity (Wildman–Crippen MR) is 108 cm³/mol. The Balaban J connectivity index is 1.41. The molecule has 1 aromatic heterocycles. The van der Waals surface area contributed by atoms with Crippen LogP contribution in [0.4, 0.5) is 0 Å². The summed E-state index contributed by atoms with van der Waals surface area (Å²) in [5.74, 6) is -0.401. The number of hydrogen-bond donors (Lipinski definition) is 0. The molecule has 7 nitrogen and oxygen atoms in total. The highest BCUT2D eigenvalue weighted by molar-refractivity contribution is 7.92. The largest absolute Gasteiger partial charge is 0.421 e. The zero-order valence-electron chi connectivity index (χ0n) is 15.3. The van der Waals surface area contributed by atoms with Crippen molar-refractivity contribution in [1.29, 1.82) is 0 Å². The smallest absolute Gasteiger partial charge is 0.408 e. The highest BCUT2D eigenvalue weighted by Gasteiger charge is 2.25. The van der Waals surface area contributed by atoms with Crippen LogP contribution in [0.3, 0.4) is 0 Å². The highest BCUT2D eigenvalue weighted by atomic mass is 32.2. The van der Waals surface area contributed by atoms with Crippen LogP contribution in [0, 0.1) is 0 Å². The molecule has 0 aliphatic carbocycles. The van der Waals surface area contributed by atoms with E-state index in [0.29, 0.717) is 38.4 Å². The normalized spacial score (nSPS) is 16.9. The van der Waals surface area contributed by atoms with Crippen LogP contribution in [0.15, 0.2) is 69.2 Å². The fraction of sp³-hybridized carbons (Fsp3) is 0.250. The number of fused-ring (bicyclic) bond motifs is 1. The van der Waals surface area contributed by atoms with Crippen molar-refractivity contribution in [2.24, 2.45) is 0 Å². The Morgan fingerprint density at radius 1 is 0.929 bits per heavy atom. The predicted octanol–water partition coefficient (Wildman–Crippen LogP) is 2.17. The van der Waals surface area contributed by atoms with Crippen LogP contribution in [-0.4, -0.2) is 48.4 Å². The minimum Gasteiger partial charge on any atom is -0.408 e. The number of rotatable bonds is 5. The van der Waals surface area contributed by atoms with Gasteiger partial charge < -0.3 is 4.42 Å². The van der Waals surface area contributed by atoms with Gasteiger partial charge in [0.15, 0.2) is 5.58 Å². The molecule has 28 heavy (non-hydrogen) atoms. The van der Waals surface area contributed by atoms with Crippen molar-refractivity contribution in [3.63, 3.8) is 0 Å². The number of benzene rings is 2. The molecule has 3 aromatic rings. The Morgan fingerprint density at radius 3 is 2.36 bits per heavy atom. The summed E-state index contributed by atoms with van der Waals surface area (Å²) in [6.45, 7) is 2.23. The van der Waals surface area contributed by atoms with Crippen LogP contribution >= 0.6 is 0 Å². The average molecular weight is 399 g/mol. The van der Waals surface area contributed by atoms with Crippen LogP contribution in [-0.2, 0) is 16.7 Å². The Hall–Kier alpha value is -2.68. The molecule has 0 spiro atoms. The van der Waals surface area contributed by atoms with Crippen molar-refractivity contribution in [2.45, 2.75) is 6.67 Å². The maximum atomic E-state index is 12.6. The molecule has 146 valence electrons. The average Bonchev–Trinajstić information content (AvgIpc) is 3.03. The first kappa shape index (κ1) is 18.7. The van der Waals surface area contributed by atoms with Gasteiger partial charge in [-0.15, -0.1) is 0 Å². The molecule has 2 heterocycles. The van der Waals surface area contributed by atoms with Crippen molar-refractivity contribution in [2.75, 3.05) is 26.2 Å². The number of oxazole rings is 1. The monoisotopic (exact) mass is 399 g/mol. The lowest BCUT2D eigenvalue weighted by Gasteiger charge is -2.33. The number of nitrogens with zero attached hydrogens (tertiary/aromatic N) is 3. The molecular weight excluding hydrogens is 378 g/mol. The maximum Gasteiger partial charge on any atom is 0.421 e. The molecule has 8 heteroatoms. The quantitative estimate of drug-likeness (QED) is 0.657. The van der Waals surface area contributed by atoms with E-state index in [1.165, 1.54) is 9.71 Å². The van der Waals surface area contributed by atoms with E-state index in [4.69, 9.17) is 4.42 Å². The second-order valence-corrected chi connectivity index (χ2v) is 8.50. The summed E-state index contributed by atoms with van der Waals surface area (Å²) in [7, 11) is -3.47. The van der Waals surface area contributed by atoms with Gasteiger partial charge in [0.2, 0.25) is 10.0 Å². The molecule has 4 rings (SSSR count). The zero-order valence-corrected chi connectivity index (χ0v) is 16.1. The van der Waals surface area contributed by atoms with Gasteiger partial charge in [-0.05, 0) is 23.8 Å². The molecule has 0 radical (unpaired) electrons. The van der Waals surface area contributed by atoms with Gasteiger partial charge in [0.05, 0.1) is 12.2 Å². The zero-order chi connectivity index (χ0) is 19.6. The number of hydrogen-bond acceptors (Lipinski definition) is 5. The van der Waals surface area contributed by atoms with Crippen LogP contribution < -0.4 is 5.76 Å². The van der Waals surface area contributed by atoms with Crippen molar-refractivity contribution in [3.05, 3.63) is 76.1 Å². The molecular formula is C20H21N3O4S. The third kappa shape index (κ3) is 3.94. The van der Waals surface area contributed by atoms with Gasteiger partial charge in [-0.2, -0.15) is 4.31 Å². The molecule has 1 fully saturated rings. The van der Waals surface area contributed by atoms with E-state index >= 15 is 0 Å². The lowest BCUT2D eigenvalue weighted by molar-refractivity contribution is 0.151. The Morgan fingerprint density at radius 2 is 1.61 bits per heavy atom. The van der Waals surface area contributed by atoms with Crippen molar-refractivity contribution in [1.82, 2.24) is 13.8 Å². The SMILES string of the molecule is O=c1oc2ccccc2n1CN1CCN(S(=O)(=O)/C=C/c2ccccc2)CC1. The minimum atomic E-state index is -3.47. The summed E-state index contributed by atoms with van der Waals surface area (Å²) in [5, 5.41) is 1.26. The highest BCUT2D eigenvalue weighted by Crippen LogP contribution is 2.15. The van der Waals surface area contributed by atoms with E-state index in [0.717, 1.165) is 11.1 Å². The lowest BCUT2D eigenvalue weighted by atomic mass is 10.2. The molecule has 1 aliphatic rings. The first-order valence-corrected chi connectivity index (χ1v) is 10.6. The summed E-state index contributed by atoms with van der Waals surface area (Å²) in [4.78, 5) is 14.2. The molecule has 0 N–H and O–H groups in total. The third-order valence-electron chi connectivity index (χ3n) is 4.84. The van der Waals surface area contributed by atoms with E-state index in [1.807, 2.05) is 48.5 Å². The molecule has 0 amide bonds. The van der Waals surface area contributed by atoms with Gasteiger partial charge in [0.25, 0.3) is 0 Å². The Bertz CT molecular complexity index is 1140. The van der Waals surface area contributed by atoms with Crippen LogP contribution in [0.1, 0.15) is 5.56 Å². The standard InChI is InChI=1S/C20H21N3O4S/c24-20-23(18-8-4-5-9-19(18)27-20)16-21-11-13-22(14-12-21)28(25,26)15-10-17-6-2-1-3-7-17/h1-10,15H,11-14,16H2/b15-10+. The lowest BCUT2D eigenvalue weighted by Crippen LogP contribution is -2.48. The third-order valence-corrected chi connectivity index (χ3v) is 6.40. The molecule has 2 aromatic carbocycles. The van der Waals surface area contributed by atoms with E-state index in [-0.39, 0.29) is 0 Å². The van der Waals surface area contributed by atoms with Crippen molar-refractivity contribution >= 4 is 27.2 Å². The first-order valence-electron chi connectivity index (χ1n) is 9.07. The summed E-state index contributed by atoms with van der Waals surface area (Å²) < 4.78 is 33.4. The van der Waals surface area contributed by atoms with Gasteiger partial charge in [-0.3, -0.25) is 9.47 Å². The molecule has 1 aliphatic heterocycles.